The molecule has 8 heteroatoms. The molecule has 0 spiro atoms. The van der Waals surface area contributed by atoms with Crippen LogP contribution in [0, 0.1) is 13.8 Å². The number of benzene rings is 1. The second kappa shape index (κ2) is 10.0. The van der Waals surface area contributed by atoms with E-state index in [0.29, 0.717) is 12.2 Å². The summed E-state index contributed by atoms with van der Waals surface area (Å²) >= 11 is 0. The molecular formula is C23H24N6O2. The lowest BCUT2D eigenvalue weighted by Gasteiger charge is -2.09. The van der Waals surface area contributed by atoms with E-state index in [9.17, 15) is 4.79 Å². The van der Waals surface area contributed by atoms with E-state index < -0.39 is 0 Å². The summed E-state index contributed by atoms with van der Waals surface area (Å²) in [5, 5.41) is 10.5. The summed E-state index contributed by atoms with van der Waals surface area (Å²) in [6.07, 6.45) is 5.50. The van der Waals surface area contributed by atoms with Crippen LogP contribution in [0.1, 0.15) is 16.7 Å². The normalized spacial score (nSPS) is 10.1. The molecular weight excluding hydrogens is 392 g/mol. The molecule has 158 valence electrons. The standard InChI is InChI=1S/C22H21N5O.CH3NO/c1-15-12-19(25-22(28)24-13-17-8-10-23-11-9-17)14-27-21(15)16(2)20(26-27)18-6-4-3-5-7-18;2-1-3/h3-12,14H,13H2,1-2H3,(H2,24,25,28);1H,(H2,2,3). The van der Waals surface area contributed by atoms with Crippen LogP contribution in [-0.4, -0.2) is 27.0 Å². The first-order valence-corrected chi connectivity index (χ1v) is 9.67. The van der Waals surface area contributed by atoms with Crippen molar-refractivity contribution in [1.82, 2.24) is 19.9 Å². The van der Waals surface area contributed by atoms with Gasteiger partial charge in [0, 0.05) is 30.1 Å². The number of amides is 3. The Morgan fingerprint density at radius 3 is 2.48 bits per heavy atom. The molecule has 4 aromatic rings. The van der Waals surface area contributed by atoms with Crippen molar-refractivity contribution < 1.29 is 9.59 Å². The van der Waals surface area contributed by atoms with Gasteiger partial charge in [0.15, 0.2) is 0 Å². The van der Waals surface area contributed by atoms with E-state index in [1.807, 2.05) is 54.0 Å². The molecule has 0 atom stereocenters. The fourth-order valence-electron chi connectivity index (χ4n) is 3.35. The number of rotatable bonds is 4. The molecule has 0 fully saturated rings. The Bertz CT molecular complexity index is 1170. The Kier molecular flexibility index (Phi) is 6.95. The third kappa shape index (κ3) is 5.24. The van der Waals surface area contributed by atoms with Crippen molar-refractivity contribution >= 4 is 23.6 Å². The molecule has 8 nitrogen and oxygen atoms in total. The molecule has 0 unspecified atom stereocenters. The minimum absolute atomic E-state index is 0.250. The lowest BCUT2D eigenvalue weighted by molar-refractivity contribution is -0.106. The van der Waals surface area contributed by atoms with Crippen LogP contribution in [0.3, 0.4) is 0 Å². The number of hydrogen-bond donors (Lipinski definition) is 3. The number of aromatic nitrogens is 3. The highest BCUT2D eigenvalue weighted by atomic mass is 16.2. The molecule has 3 aromatic heterocycles. The highest BCUT2D eigenvalue weighted by Gasteiger charge is 2.14. The van der Waals surface area contributed by atoms with Crippen LogP contribution in [-0.2, 0) is 11.3 Å². The Labute approximate surface area is 180 Å². The smallest absolute Gasteiger partial charge is 0.319 e. The van der Waals surface area contributed by atoms with E-state index in [4.69, 9.17) is 9.89 Å². The molecule has 0 aliphatic rings. The molecule has 4 N–H and O–H groups in total. The average molecular weight is 416 g/mol. The van der Waals surface area contributed by atoms with Gasteiger partial charge in [0.25, 0.3) is 0 Å². The quantitative estimate of drug-likeness (QED) is 0.442. The zero-order valence-corrected chi connectivity index (χ0v) is 17.4. The van der Waals surface area contributed by atoms with E-state index in [2.05, 4.69) is 40.4 Å². The Hall–Kier alpha value is -4.20. The van der Waals surface area contributed by atoms with Gasteiger partial charge in [0.1, 0.15) is 0 Å². The van der Waals surface area contributed by atoms with Gasteiger partial charge in [-0.15, -0.1) is 0 Å². The molecule has 0 saturated carbocycles. The average Bonchev–Trinajstić information content (AvgIpc) is 3.11. The second-order valence-electron chi connectivity index (χ2n) is 6.84. The summed E-state index contributed by atoms with van der Waals surface area (Å²) in [6.45, 7) is 4.54. The van der Waals surface area contributed by atoms with E-state index in [1.54, 1.807) is 12.4 Å². The van der Waals surface area contributed by atoms with Gasteiger partial charge in [0.2, 0.25) is 6.41 Å². The first-order chi connectivity index (χ1) is 15.0. The monoisotopic (exact) mass is 416 g/mol. The maximum atomic E-state index is 12.3. The van der Waals surface area contributed by atoms with E-state index >= 15 is 0 Å². The van der Waals surface area contributed by atoms with Crippen molar-refractivity contribution in [1.29, 1.82) is 0 Å². The molecule has 31 heavy (non-hydrogen) atoms. The minimum Gasteiger partial charge on any atom is -0.372 e. The van der Waals surface area contributed by atoms with Gasteiger partial charge in [-0.3, -0.25) is 9.78 Å². The van der Waals surface area contributed by atoms with Crippen LogP contribution in [0.5, 0.6) is 0 Å². The summed E-state index contributed by atoms with van der Waals surface area (Å²) in [5.74, 6) is 0. The highest BCUT2D eigenvalue weighted by molar-refractivity contribution is 5.89. The number of carbonyl (C=O) groups is 2. The molecule has 3 heterocycles. The number of hydrogen-bond acceptors (Lipinski definition) is 4. The van der Waals surface area contributed by atoms with Crippen molar-refractivity contribution in [2.75, 3.05) is 5.32 Å². The number of fused-ring (bicyclic) bond motifs is 1. The number of primary amides is 1. The summed E-state index contributed by atoms with van der Waals surface area (Å²) < 4.78 is 1.84. The van der Waals surface area contributed by atoms with Gasteiger partial charge in [-0.2, -0.15) is 5.10 Å². The molecule has 0 aliphatic carbocycles. The number of nitrogens with one attached hydrogen (secondary N) is 2. The van der Waals surface area contributed by atoms with Crippen LogP contribution in [0.25, 0.3) is 16.8 Å². The summed E-state index contributed by atoms with van der Waals surface area (Å²) in [4.78, 5) is 24.8. The number of urea groups is 1. The maximum absolute atomic E-state index is 12.3. The largest absolute Gasteiger partial charge is 0.372 e. The molecule has 4 rings (SSSR count). The predicted molar refractivity (Wildman–Crippen MR) is 120 cm³/mol. The fraction of sp³-hybridized carbons (Fsp3) is 0.130. The highest BCUT2D eigenvalue weighted by Crippen LogP contribution is 2.28. The second-order valence-corrected chi connectivity index (χ2v) is 6.84. The van der Waals surface area contributed by atoms with Crippen molar-refractivity contribution in [3.63, 3.8) is 0 Å². The molecule has 1 aromatic carbocycles. The molecule has 0 bridgehead atoms. The van der Waals surface area contributed by atoms with Gasteiger partial charge < -0.3 is 16.4 Å². The van der Waals surface area contributed by atoms with E-state index in [0.717, 1.165) is 33.5 Å². The van der Waals surface area contributed by atoms with E-state index in [-0.39, 0.29) is 12.4 Å². The third-order valence-corrected chi connectivity index (χ3v) is 4.66. The van der Waals surface area contributed by atoms with Gasteiger partial charge in [-0.25, -0.2) is 9.31 Å². The predicted octanol–water partition coefficient (Wildman–Crippen LogP) is 3.44. The van der Waals surface area contributed by atoms with Crippen molar-refractivity contribution in [3.05, 3.63) is 83.8 Å². The zero-order chi connectivity index (χ0) is 22.2. The lowest BCUT2D eigenvalue weighted by atomic mass is 10.1. The number of nitrogens with two attached hydrogens (primary N) is 1. The lowest BCUT2D eigenvalue weighted by Crippen LogP contribution is -2.28. The number of pyridine rings is 2. The Morgan fingerprint density at radius 1 is 1.13 bits per heavy atom. The number of aryl methyl sites for hydroxylation is 2. The summed E-state index contributed by atoms with van der Waals surface area (Å²) in [7, 11) is 0. The van der Waals surface area contributed by atoms with Crippen LogP contribution >= 0.6 is 0 Å². The van der Waals surface area contributed by atoms with Crippen molar-refractivity contribution in [2.24, 2.45) is 5.73 Å². The Morgan fingerprint density at radius 2 is 1.81 bits per heavy atom. The topological polar surface area (TPSA) is 114 Å². The third-order valence-electron chi connectivity index (χ3n) is 4.66. The van der Waals surface area contributed by atoms with Gasteiger partial charge in [0.05, 0.1) is 23.1 Å². The van der Waals surface area contributed by atoms with Crippen LogP contribution < -0.4 is 16.4 Å². The first-order valence-electron chi connectivity index (χ1n) is 9.67. The van der Waals surface area contributed by atoms with Crippen LogP contribution in [0.15, 0.2) is 67.1 Å². The molecule has 0 radical (unpaired) electrons. The van der Waals surface area contributed by atoms with Crippen LogP contribution in [0.2, 0.25) is 0 Å². The maximum Gasteiger partial charge on any atom is 0.319 e. The zero-order valence-electron chi connectivity index (χ0n) is 17.4. The SMILES string of the molecule is Cc1cc(NC(=O)NCc2ccncc2)cn2nc(-c3ccccc3)c(C)c12.NC=O. The minimum atomic E-state index is -0.261. The number of carbonyl (C=O) groups excluding carboxylic acids is 2. The number of anilines is 1. The molecule has 3 amide bonds. The number of nitrogens with zero attached hydrogens (tertiary/aromatic N) is 3. The first kappa shape index (κ1) is 21.5. The van der Waals surface area contributed by atoms with Gasteiger partial charge in [-0.1, -0.05) is 30.3 Å². The van der Waals surface area contributed by atoms with Gasteiger partial charge in [-0.05, 0) is 43.2 Å². The van der Waals surface area contributed by atoms with Crippen molar-refractivity contribution in [2.45, 2.75) is 20.4 Å². The molecule has 0 aliphatic heterocycles. The Balaban J connectivity index is 0.000000858. The van der Waals surface area contributed by atoms with Crippen molar-refractivity contribution in [3.8, 4) is 11.3 Å². The van der Waals surface area contributed by atoms with Crippen LogP contribution in [0.4, 0.5) is 10.5 Å². The fourth-order valence-corrected chi connectivity index (χ4v) is 3.35. The summed E-state index contributed by atoms with van der Waals surface area (Å²) in [6, 6.07) is 15.5. The van der Waals surface area contributed by atoms with E-state index in [1.165, 1.54) is 0 Å². The molecule has 0 saturated heterocycles. The van der Waals surface area contributed by atoms with Gasteiger partial charge >= 0.3 is 6.03 Å². The summed E-state index contributed by atoms with van der Waals surface area (Å²) in [5.41, 5.74) is 11.1.